The van der Waals surface area contributed by atoms with Crippen LogP contribution in [0, 0.1) is 0 Å². The maximum atomic E-state index is 12.4. The van der Waals surface area contributed by atoms with Gasteiger partial charge in [-0.1, -0.05) is 6.92 Å². The molecular weight excluding hydrogens is 292 g/mol. The number of piperidine rings is 1. The van der Waals surface area contributed by atoms with Crippen molar-refractivity contribution in [1.29, 1.82) is 0 Å². The third-order valence-electron chi connectivity index (χ3n) is 4.34. The molecule has 1 N–H and O–H groups in total. The summed E-state index contributed by atoms with van der Waals surface area (Å²) < 4.78 is 7.50. The second-order valence-electron chi connectivity index (χ2n) is 6.02. The number of fused-ring (bicyclic) bond motifs is 1. The van der Waals surface area contributed by atoms with Gasteiger partial charge in [-0.3, -0.25) is 0 Å². The summed E-state index contributed by atoms with van der Waals surface area (Å²) in [6.07, 6.45) is 5.06. The van der Waals surface area contributed by atoms with E-state index in [4.69, 9.17) is 4.74 Å². The number of carbonyl (C=O) groups is 1. The quantitative estimate of drug-likeness (QED) is 0.943. The number of hydrogen-bond donors (Lipinski definition) is 1. The molecule has 1 aliphatic rings. The first-order valence-electron chi connectivity index (χ1n) is 8.25. The zero-order valence-electron chi connectivity index (χ0n) is 13.8. The molecule has 0 radical (unpaired) electrons. The van der Waals surface area contributed by atoms with Crippen LogP contribution in [0.25, 0.3) is 11.0 Å². The Hall–Kier alpha value is -2.08. The van der Waals surface area contributed by atoms with Gasteiger partial charge >= 0.3 is 6.03 Å². The minimum absolute atomic E-state index is 0.0703. The largest absolute Gasteiger partial charge is 0.380 e. The van der Waals surface area contributed by atoms with Gasteiger partial charge in [-0.05, 0) is 37.5 Å². The minimum atomic E-state index is -0.0703. The molecule has 23 heavy (non-hydrogen) atoms. The molecule has 124 valence electrons. The third kappa shape index (κ3) is 3.47. The number of anilines is 1. The minimum Gasteiger partial charge on any atom is -0.380 e. The second-order valence-corrected chi connectivity index (χ2v) is 6.02. The summed E-state index contributed by atoms with van der Waals surface area (Å²) in [6.45, 7) is 4.52. The topological polar surface area (TPSA) is 59.4 Å². The van der Waals surface area contributed by atoms with Crippen LogP contribution >= 0.6 is 0 Å². The van der Waals surface area contributed by atoms with E-state index in [9.17, 15) is 4.79 Å². The zero-order valence-corrected chi connectivity index (χ0v) is 13.8. The molecule has 6 heteroatoms. The van der Waals surface area contributed by atoms with E-state index in [0.717, 1.165) is 49.1 Å². The Kier molecular flexibility index (Phi) is 4.81. The van der Waals surface area contributed by atoms with Gasteiger partial charge in [0.25, 0.3) is 0 Å². The van der Waals surface area contributed by atoms with E-state index in [-0.39, 0.29) is 12.1 Å². The van der Waals surface area contributed by atoms with Crippen LogP contribution in [-0.2, 0) is 11.3 Å². The number of aromatic nitrogens is 2. The van der Waals surface area contributed by atoms with Crippen molar-refractivity contribution in [2.24, 2.45) is 0 Å². The molecule has 0 saturated carbocycles. The van der Waals surface area contributed by atoms with Gasteiger partial charge in [0.05, 0.1) is 23.5 Å². The molecule has 1 saturated heterocycles. The van der Waals surface area contributed by atoms with Crippen LogP contribution in [0.3, 0.4) is 0 Å². The van der Waals surface area contributed by atoms with Crippen LogP contribution in [0.2, 0.25) is 0 Å². The van der Waals surface area contributed by atoms with Gasteiger partial charge in [-0.15, -0.1) is 0 Å². The van der Waals surface area contributed by atoms with Crippen molar-refractivity contribution in [3.63, 3.8) is 0 Å². The van der Waals surface area contributed by atoms with Crippen molar-refractivity contribution in [3.8, 4) is 0 Å². The monoisotopic (exact) mass is 316 g/mol. The van der Waals surface area contributed by atoms with Crippen molar-refractivity contribution >= 4 is 22.8 Å². The van der Waals surface area contributed by atoms with Crippen LogP contribution in [0.1, 0.15) is 26.2 Å². The number of methoxy groups -OCH3 is 1. The lowest BCUT2D eigenvalue weighted by molar-refractivity contribution is 0.0458. The van der Waals surface area contributed by atoms with Crippen LogP contribution < -0.4 is 5.32 Å². The average molecular weight is 316 g/mol. The SMILES string of the molecule is CCCn1cnc2cc(NC(=O)N3CCC[C@H](OC)C3)ccc21. The Balaban J connectivity index is 1.70. The number of aryl methyl sites for hydroxylation is 1. The van der Waals surface area contributed by atoms with Crippen LogP contribution in [0.5, 0.6) is 0 Å². The van der Waals surface area contributed by atoms with Gasteiger partial charge < -0.3 is 19.5 Å². The lowest BCUT2D eigenvalue weighted by Crippen LogP contribution is -2.44. The van der Waals surface area contributed by atoms with E-state index in [1.807, 2.05) is 29.4 Å². The second kappa shape index (κ2) is 7.00. The number of benzene rings is 1. The number of nitrogens with zero attached hydrogens (tertiary/aromatic N) is 3. The molecule has 3 rings (SSSR count). The van der Waals surface area contributed by atoms with Crippen molar-refractivity contribution in [2.45, 2.75) is 38.8 Å². The Morgan fingerprint density at radius 1 is 1.48 bits per heavy atom. The number of nitrogens with one attached hydrogen (secondary N) is 1. The molecule has 1 fully saturated rings. The van der Waals surface area contributed by atoms with E-state index in [1.54, 1.807) is 7.11 Å². The Morgan fingerprint density at radius 2 is 2.35 bits per heavy atom. The fraction of sp³-hybridized carbons (Fsp3) is 0.529. The van der Waals surface area contributed by atoms with Crippen LogP contribution in [0.15, 0.2) is 24.5 Å². The lowest BCUT2D eigenvalue weighted by atomic mass is 10.1. The summed E-state index contributed by atoms with van der Waals surface area (Å²) in [4.78, 5) is 18.6. The van der Waals surface area contributed by atoms with Gasteiger partial charge in [0, 0.05) is 32.4 Å². The molecule has 0 aliphatic carbocycles. The van der Waals surface area contributed by atoms with Gasteiger partial charge in [0.2, 0.25) is 0 Å². The number of likely N-dealkylation sites (tertiary alicyclic amines) is 1. The number of imidazole rings is 1. The molecule has 1 aromatic heterocycles. The maximum Gasteiger partial charge on any atom is 0.321 e. The zero-order chi connectivity index (χ0) is 16.2. The summed E-state index contributed by atoms with van der Waals surface area (Å²) in [5.74, 6) is 0. The summed E-state index contributed by atoms with van der Waals surface area (Å²) in [5.41, 5.74) is 2.79. The molecule has 6 nitrogen and oxygen atoms in total. The molecule has 1 aromatic carbocycles. The first-order chi connectivity index (χ1) is 11.2. The average Bonchev–Trinajstić information content (AvgIpc) is 2.97. The molecule has 2 amide bonds. The smallest absolute Gasteiger partial charge is 0.321 e. The molecule has 0 spiro atoms. The van der Waals surface area contributed by atoms with Gasteiger partial charge in [-0.25, -0.2) is 9.78 Å². The summed E-state index contributed by atoms with van der Waals surface area (Å²) in [7, 11) is 1.70. The summed E-state index contributed by atoms with van der Waals surface area (Å²) >= 11 is 0. The highest BCUT2D eigenvalue weighted by Crippen LogP contribution is 2.20. The van der Waals surface area contributed by atoms with Crippen molar-refractivity contribution in [1.82, 2.24) is 14.5 Å². The molecule has 1 aliphatic heterocycles. The van der Waals surface area contributed by atoms with Gasteiger partial charge in [-0.2, -0.15) is 0 Å². The highest BCUT2D eigenvalue weighted by atomic mass is 16.5. The highest BCUT2D eigenvalue weighted by Gasteiger charge is 2.23. The number of amides is 2. The third-order valence-corrected chi connectivity index (χ3v) is 4.34. The Labute approximate surface area is 136 Å². The summed E-state index contributed by atoms with van der Waals surface area (Å²) in [5, 5.41) is 2.97. The van der Waals surface area contributed by atoms with Crippen molar-refractivity contribution < 1.29 is 9.53 Å². The fourth-order valence-corrected chi connectivity index (χ4v) is 3.08. The van der Waals surface area contributed by atoms with E-state index >= 15 is 0 Å². The maximum absolute atomic E-state index is 12.4. The fourth-order valence-electron chi connectivity index (χ4n) is 3.08. The number of ether oxygens (including phenoxy) is 1. The number of hydrogen-bond acceptors (Lipinski definition) is 3. The standard InChI is InChI=1S/C17H24N4O2/c1-3-8-21-12-18-15-10-13(6-7-16(15)21)19-17(22)20-9-4-5-14(11-20)23-2/h6-7,10,12,14H,3-5,8-9,11H2,1-2H3,(H,19,22)/t14-/m0/s1. The number of urea groups is 1. The first-order valence-corrected chi connectivity index (χ1v) is 8.25. The van der Waals surface area contributed by atoms with E-state index in [1.165, 1.54) is 0 Å². The first kappa shape index (κ1) is 15.8. The number of rotatable bonds is 4. The normalized spacial score (nSPS) is 18.3. The van der Waals surface area contributed by atoms with Crippen molar-refractivity contribution in [3.05, 3.63) is 24.5 Å². The molecule has 0 bridgehead atoms. The molecule has 0 unspecified atom stereocenters. The highest BCUT2D eigenvalue weighted by molar-refractivity contribution is 5.92. The molecule has 1 atom stereocenters. The summed E-state index contributed by atoms with van der Waals surface area (Å²) in [6, 6.07) is 5.81. The van der Waals surface area contributed by atoms with E-state index in [0.29, 0.717) is 6.54 Å². The van der Waals surface area contributed by atoms with Crippen LogP contribution in [0.4, 0.5) is 10.5 Å². The Bertz CT molecular complexity index is 682. The van der Waals surface area contributed by atoms with Crippen LogP contribution in [-0.4, -0.2) is 46.8 Å². The predicted octanol–water partition coefficient (Wildman–Crippen LogP) is 3.09. The molecule has 2 aromatic rings. The molecule has 2 heterocycles. The predicted molar refractivity (Wildman–Crippen MR) is 90.6 cm³/mol. The van der Waals surface area contributed by atoms with Gasteiger partial charge in [0.1, 0.15) is 0 Å². The Morgan fingerprint density at radius 3 is 3.13 bits per heavy atom. The van der Waals surface area contributed by atoms with E-state index in [2.05, 4.69) is 21.8 Å². The van der Waals surface area contributed by atoms with Gasteiger partial charge in [0.15, 0.2) is 0 Å². The molecular formula is C17H24N4O2. The van der Waals surface area contributed by atoms with E-state index < -0.39 is 0 Å². The lowest BCUT2D eigenvalue weighted by Gasteiger charge is -2.31. The number of carbonyl (C=O) groups excluding carboxylic acids is 1. The van der Waals surface area contributed by atoms with Crippen molar-refractivity contribution in [2.75, 3.05) is 25.5 Å².